The number of primary amides is 1. The Hall–Kier alpha value is -3.11. The molecule has 2 aromatic rings. The van der Waals surface area contributed by atoms with E-state index in [-0.39, 0.29) is 5.91 Å². The number of guanidine groups is 1. The number of aliphatic imine (C=N–C) groups is 1. The fourth-order valence-corrected chi connectivity index (χ4v) is 5.51. The summed E-state index contributed by atoms with van der Waals surface area (Å²) in [7, 11) is 0. The molecule has 0 bridgehead atoms. The highest BCUT2D eigenvalue weighted by Crippen LogP contribution is 2.32. The van der Waals surface area contributed by atoms with Crippen LogP contribution in [0.2, 0.25) is 0 Å². The maximum atomic E-state index is 12.7. The number of benzene rings is 1. The summed E-state index contributed by atoms with van der Waals surface area (Å²) in [5.41, 5.74) is 10.3. The fraction of sp³-hybridized carbons (Fsp3) is 0.519. The number of hydrogen-bond acceptors (Lipinski definition) is 5. The number of aryl methyl sites for hydroxylation is 3. The van der Waals surface area contributed by atoms with E-state index in [0.717, 1.165) is 48.6 Å². The smallest absolute Gasteiger partial charge is 0.238 e. The Balaban J connectivity index is 1.58. The minimum Gasteiger partial charge on any atom is -0.368 e. The van der Waals surface area contributed by atoms with E-state index in [4.69, 9.17) is 22.9 Å². The monoisotopic (exact) mass is 522 g/mol. The molecule has 2 aliphatic rings. The van der Waals surface area contributed by atoms with Gasteiger partial charge in [-0.25, -0.2) is 9.97 Å². The van der Waals surface area contributed by atoms with E-state index in [1.807, 2.05) is 32.0 Å². The SMILES string of the molecule is Cc1cc(C)nc(N/C(=N/C(=S)Nc2cccc(C)c2C)N2CCC(C(N)=O)(N3CCCCC3)CC2)n1. The molecule has 0 unspecified atom stereocenters. The first-order valence-corrected chi connectivity index (χ1v) is 13.4. The molecule has 1 amide bonds. The first-order valence-electron chi connectivity index (χ1n) is 13.0. The van der Waals surface area contributed by atoms with E-state index in [9.17, 15) is 4.79 Å². The highest BCUT2D eigenvalue weighted by atomic mass is 32.1. The average molecular weight is 523 g/mol. The van der Waals surface area contributed by atoms with Crippen molar-refractivity contribution in [2.24, 2.45) is 10.7 Å². The first-order chi connectivity index (χ1) is 17.7. The number of nitrogens with zero attached hydrogens (tertiary/aromatic N) is 5. The van der Waals surface area contributed by atoms with Gasteiger partial charge in [0.25, 0.3) is 0 Å². The van der Waals surface area contributed by atoms with Crippen molar-refractivity contribution in [1.82, 2.24) is 19.8 Å². The van der Waals surface area contributed by atoms with Gasteiger partial charge in [0.2, 0.25) is 22.9 Å². The van der Waals surface area contributed by atoms with Crippen LogP contribution in [0.25, 0.3) is 0 Å². The normalized spacial score (nSPS) is 18.4. The minimum absolute atomic E-state index is 0.231. The number of rotatable bonds is 4. The number of thiocarbonyl (C=S) groups is 1. The second kappa shape index (κ2) is 11.5. The van der Waals surface area contributed by atoms with Gasteiger partial charge in [-0.1, -0.05) is 18.6 Å². The number of nitrogens with one attached hydrogen (secondary N) is 2. The summed E-state index contributed by atoms with van der Waals surface area (Å²) >= 11 is 5.65. The van der Waals surface area contributed by atoms with E-state index < -0.39 is 5.54 Å². The molecular weight excluding hydrogens is 484 g/mol. The fourth-order valence-electron chi connectivity index (χ4n) is 5.31. The van der Waals surface area contributed by atoms with Crippen molar-refractivity contribution >= 4 is 40.8 Å². The van der Waals surface area contributed by atoms with Crippen molar-refractivity contribution in [2.45, 2.75) is 65.3 Å². The van der Waals surface area contributed by atoms with Crippen molar-refractivity contribution in [3.05, 3.63) is 46.8 Å². The van der Waals surface area contributed by atoms with Gasteiger partial charge in [-0.2, -0.15) is 4.99 Å². The molecule has 3 heterocycles. The molecule has 2 fully saturated rings. The quantitative estimate of drug-likeness (QED) is 0.317. The molecule has 1 aromatic heterocycles. The lowest BCUT2D eigenvalue weighted by Crippen LogP contribution is -2.64. The molecular formula is C27H38N8OS. The number of nitrogens with two attached hydrogens (primary N) is 1. The molecule has 0 atom stereocenters. The number of likely N-dealkylation sites (tertiary alicyclic amines) is 2. The van der Waals surface area contributed by atoms with Crippen molar-refractivity contribution < 1.29 is 4.79 Å². The van der Waals surface area contributed by atoms with Crippen molar-refractivity contribution in [2.75, 3.05) is 36.8 Å². The summed E-state index contributed by atoms with van der Waals surface area (Å²) in [6.07, 6.45) is 4.69. The molecule has 2 saturated heterocycles. The van der Waals surface area contributed by atoms with Crippen LogP contribution in [0.3, 0.4) is 0 Å². The van der Waals surface area contributed by atoms with Crippen LogP contribution in [0.4, 0.5) is 11.6 Å². The molecule has 198 valence electrons. The predicted molar refractivity (Wildman–Crippen MR) is 153 cm³/mol. The summed E-state index contributed by atoms with van der Waals surface area (Å²) in [6.45, 7) is 11.1. The number of carbonyl (C=O) groups excluding carboxylic acids is 1. The van der Waals surface area contributed by atoms with Gasteiger partial charge in [-0.15, -0.1) is 0 Å². The lowest BCUT2D eigenvalue weighted by atomic mass is 9.83. The zero-order valence-corrected chi connectivity index (χ0v) is 23.1. The topological polar surface area (TPSA) is 112 Å². The number of carbonyl (C=O) groups is 1. The summed E-state index contributed by atoms with van der Waals surface area (Å²) in [6, 6.07) is 7.98. The Morgan fingerprint density at radius 2 is 1.65 bits per heavy atom. The van der Waals surface area contributed by atoms with Gasteiger partial charge in [-0.3, -0.25) is 15.0 Å². The molecule has 0 spiro atoms. The molecule has 0 radical (unpaired) electrons. The molecule has 9 nitrogen and oxygen atoms in total. The molecule has 10 heteroatoms. The standard InChI is InChI=1S/C27H38N8OS/c1-18-9-8-10-22(21(18)4)31-26(37)33-25(32-24-29-19(2)17-20(3)30-24)34-15-11-27(12-16-34,23(28)36)35-13-6-5-7-14-35/h8-10,17H,5-7,11-16H2,1-4H3,(H2,28,36)(H2,29,30,31,32,33,37). The van der Waals surface area contributed by atoms with E-state index >= 15 is 0 Å². The van der Waals surface area contributed by atoms with Crippen molar-refractivity contribution in [3.8, 4) is 0 Å². The Kier molecular flexibility index (Phi) is 8.39. The van der Waals surface area contributed by atoms with Crippen molar-refractivity contribution in [3.63, 3.8) is 0 Å². The number of hydrogen-bond donors (Lipinski definition) is 3. The Morgan fingerprint density at radius 1 is 1.00 bits per heavy atom. The van der Waals surface area contributed by atoms with Crippen LogP contribution in [0.15, 0.2) is 29.3 Å². The van der Waals surface area contributed by atoms with Crippen LogP contribution in [0.1, 0.15) is 54.6 Å². The van der Waals surface area contributed by atoms with Gasteiger partial charge in [0, 0.05) is 30.2 Å². The maximum Gasteiger partial charge on any atom is 0.238 e. The zero-order chi connectivity index (χ0) is 26.6. The predicted octanol–water partition coefficient (Wildman–Crippen LogP) is 3.68. The van der Waals surface area contributed by atoms with E-state index in [1.54, 1.807) is 0 Å². The second-order valence-corrected chi connectivity index (χ2v) is 10.5. The summed E-state index contributed by atoms with van der Waals surface area (Å²) in [4.78, 5) is 31.0. The largest absolute Gasteiger partial charge is 0.368 e. The maximum absolute atomic E-state index is 12.7. The lowest BCUT2D eigenvalue weighted by Gasteiger charge is -2.48. The van der Waals surface area contributed by atoms with Gasteiger partial charge in [0.05, 0.1) is 0 Å². The third kappa shape index (κ3) is 6.24. The summed E-state index contributed by atoms with van der Waals surface area (Å²) in [5, 5.41) is 6.91. The van der Waals surface area contributed by atoms with Crippen LogP contribution < -0.4 is 16.4 Å². The van der Waals surface area contributed by atoms with E-state index in [0.29, 0.717) is 43.0 Å². The third-order valence-corrected chi connectivity index (χ3v) is 7.76. The van der Waals surface area contributed by atoms with Gasteiger partial charge < -0.3 is 16.0 Å². The zero-order valence-electron chi connectivity index (χ0n) is 22.3. The average Bonchev–Trinajstić information content (AvgIpc) is 2.86. The number of amides is 1. The van der Waals surface area contributed by atoms with Crippen LogP contribution >= 0.6 is 12.2 Å². The Morgan fingerprint density at radius 3 is 2.27 bits per heavy atom. The molecule has 0 saturated carbocycles. The Labute approximate surface area is 224 Å². The van der Waals surface area contributed by atoms with Crippen LogP contribution in [0, 0.1) is 27.7 Å². The molecule has 4 N–H and O–H groups in total. The van der Waals surface area contributed by atoms with Gasteiger partial charge in [-0.05, 0) is 102 Å². The number of anilines is 2. The van der Waals surface area contributed by atoms with Gasteiger partial charge in [0.15, 0.2) is 0 Å². The van der Waals surface area contributed by atoms with Crippen LogP contribution in [-0.2, 0) is 4.79 Å². The van der Waals surface area contributed by atoms with E-state index in [2.05, 4.69) is 50.3 Å². The molecule has 2 aliphatic heterocycles. The highest BCUT2D eigenvalue weighted by Gasteiger charge is 2.45. The molecule has 37 heavy (non-hydrogen) atoms. The highest BCUT2D eigenvalue weighted by molar-refractivity contribution is 7.80. The number of piperidine rings is 2. The molecule has 4 rings (SSSR count). The molecule has 1 aromatic carbocycles. The first kappa shape index (κ1) is 26.9. The van der Waals surface area contributed by atoms with Crippen molar-refractivity contribution in [1.29, 1.82) is 0 Å². The van der Waals surface area contributed by atoms with Crippen LogP contribution in [-0.4, -0.2) is 68.5 Å². The van der Waals surface area contributed by atoms with E-state index in [1.165, 1.54) is 12.0 Å². The molecule has 0 aliphatic carbocycles. The van der Waals surface area contributed by atoms with Crippen LogP contribution in [0.5, 0.6) is 0 Å². The minimum atomic E-state index is -0.615. The lowest BCUT2D eigenvalue weighted by molar-refractivity contribution is -0.134. The summed E-state index contributed by atoms with van der Waals surface area (Å²) in [5.74, 6) is 0.795. The summed E-state index contributed by atoms with van der Waals surface area (Å²) < 4.78 is 0. The second-order valence-electron chi connectivity index (χ2n) is 10.1. The Bertz CT molecular complexity index is 1160. The number of aromatic nitrogens is 2. The van der Waals surface area contributed by atoms with Gasteiger partial charge >= 0.3 is 0 Å². The third-order valence-electron chi connectivity index (χ3n) is 7.57. The van der Waals surface area contributed by atoms with Gasteiger partial charge in [0.1, 0.15) is 5.54 Å².